The second kappa shape index (κ2) is 5.29. The maximum Gasteiger partial charge on any atom is 0.240 e. The first kappa shape index (κ1) is 12.7. The summed E-state index contributed by atoms with van der Waals surface area (Å²) in [4.78, 5) is 0.119. The van der Waals surface area contributed by atoms with Gasteiger partial charge in [0.2, 0.25) is 10.0 Å². The number of phenols is 1. The third kappa shape index (κ3) is 3.37. The van der Waals surface area contributed by atoms with Crippen LogP contribution in [0.15, 0.2) is 29.2 Å². The Morgan fingerprint density at radius 1 is 1.41 bits per heavy atom. The average molecular weight is 273 g/mol. The fourth-order valence-corrected chi connectivity index (χ4v) is 4.26. The number of rotatable bonds is 3. The molecule has 6 heteroatoms. The maximum absolute atomic E-state index is 12.0. The molecule has 94 valence electrons. The number of hydrogen-bond acceptors (Lipinski definition) is 4. The minimum absolute atomic E-state index is 0.00102. The second-order valence-corrected chi connectivity index (χ2v) is 6.90. The summed E-state index contributed by atoms with van der Waals surface area (Å²) in [6, 6.07) is 5.73. The molecule has 1 aliphatic heterocycles. The van der Waals surface area contributed by atoms with E-state index in [0.717, 1.165) is 24.3 Å². The van der Waals surface area contributed by atoms with Crippen molar-refractivity contribution in [2.24, 2.45) is 0 Å². The van der Waals surface area contributed by atoms with Crippen molar-refractivity contribution in [2.45, 2.75) is 23.8 Å². The van der Waals surface area contributed by atoms with E-state index in [-0.39, 0.29) is 16.7 Å². The minimum atomic E-state index is -3.51. The van der Waals surface area contributed by atoms with Crippen molar-refractivity contribution in [1.29, 1.82) is 0 Å². The predicted octanol–water partition coefficient (Wildman–Crippen LogP) is 1.57. The average Bonchev–Trinajstić information content (AvgIpc) is 2.30. The van der Waals surface area contributed by atoms with Gasteiger partial charge in [-0.15, -0.1) is 0 Å². The Hall–Kier alpha value is -0.720. The number of benzene rings is 1. The van der Waals surface area contributed by atoms with E-state index in [1.165, 1.54) is 24.3 Å². The van der Waals surface area contributed by atoms with Crippen molar-refractivity contribution in [2.75, 3.05) is 11.5 Å². The smallest absolute Gasteiger partial charge is 0.240 e. The van der Waals surface area contributed by atoms with Gasteiger partial charge in [-0.3, -0.25) is 0 Å². The van der Waals surface area contributed by atoms with Gasteiger partial charge in [0.05, 0.1) is 4.90 Å². The summed E-state index contributed by atoms with van der Waals surface area (Å²) in [6.45, 7) is 0. The van der Waals surface area contributed by atoms with Crippen molar-refractivity contribution in [3.05, 3.63) is 24.3 Å². The van der Waals surface area contributed by atoms with Gasteiger partial charge in [0.25, 0.3) is 0 Å². The van der Waals surface area contributed by atoms with E-state index in [1.54, 1.807) is 11.8 Å². The van der Waals surface area contributed by atoms with Crippen LogP contribution in [-0.2, 0) is 10.0 Å². The third-order valence-electron chi connectivity index (χ3n) is 2.61. The number of nitrogens with one attached hydrogen (secondary N) is 1. The first-order valence-corrected chi connectivity index (χ1v) is 8.11. The van der Waals surface area contributed by atoms with Gasteiger partial charge in [-0.25, -0.2) is 13.1 Å². The van der Waals surface area contributed by atoms with E-state index in [9.17, 15) is 13.5 Å². The number of aromatic hydroxyl groups is 1. The van der Waals surface area contributed by atoms with Crippen LogP contribution in [-0.4, -0.2) is 31.1 Å². The van der Waals surface area contributed by atoms with Gasteiger partial charge in [-0.2, -0.15) is 11.8 Å². The summed E-state index contributed by atoms with van der Waals surface area (Å²) in [7, 11) is -3.51. The summed E-state index contributed by atoms with van der Waals surface area (Å²) in [5.41, 5.74) is 0. The number of hydrogen-bond donors (Lipinski definition) is 2. The van der Waals surface area contributed by atoms with E-state index in [1.807, 2.05) is 0 Å². The minimum Gasteiger partial charge on any atom is -0.508 e. The monoisotopic (exact) mass is 273 g/mol. The van der Waals surface area contributed by atoms with Crippen LogP contribution in [0.2, 0.25) is 0 Å². The molecule has 1 saturated heterocycles. The number of phenolic OH excluding ortho intramolecular Hbond substituents is 1. The molecule has 0 aliphatic carbocycles. The van der Waals surface area contributed by atoms with Gasteiger partial charge in [-0.05, 0) is 36.8 Å². The lowest BCUT2D eigenvalue weighted by Gasteiger charge is -2.22. The molecular weight excluding hydrogens is 258 g/mol. The fraction of sp³-hybridized carbons (Fsp3) is 0.455. The molecule has 4 nitrogen and oxygen atoms in total. The van der Waals surface area contributed by atoms with Gasteiger partial charge in [0, 0.05) is 11.8 Å². The van der Waals surface area contributed by atoms with E-state index >= 15 is 0 Å². The molecule has 1 atom stereocenters. The van der Waals surface area contributed by atoms with Crippen molar-refractivity contribution in [3.63, 3.8) is 0 Å². The molecule has 1 aliphatic rings. The lowest BCUT2D eigenvalue weighted by Crippen LogP contribution is -2.38. The Labute approximate surface area is 105 Å². The molecule has 0 amide bonds. The molecule has 1 unspecified atom stereocenters. The van der Waals surface area contributed by atoms with Crippen LogP contribution in [0.5, 0.6) is 5.75 Å². The second-order valence-electron chi connectivity index (χ2n) is 4.03. The van der Waals surface area contributed by atoms with Gasteiger partial charge in [0.15, 0.2) is 0 Å². The van der Waals surface area contributed by atoms with Crippen molar-refractivity contribution in [3.8, 4) is 5.75 Å². The zero-order chi connectivity index (χ0) is 12.3. The number of sulfonamides is 1. The van der Waals surface area contributed by atoms with Crippen molar-refractivity contribution >= 4 is 21.8 Å². The predicted molar refractivity (Wildman–Crippen MR) is 68.8 cm³/mol. The van der Waals surface area contributed by atoms with Crippen LogP contribution >= 0.6 is 11.8 Å². The quantitative estimate of drug-likeness (QED) is 0.877. The van der Waals surface area contributed by atoms with Gasteiger partial charge in [0.1, 0.15) is 5.75 Å². The molecule has 0 saturated carbocycles. The summed E-state index contributed by atoms with van der Waals surface area (Å²) < 4.78 is 26.7. The van der Waals surface area contributed by atoms with Crippen LogP contribution < -0.4 is 4.72 Å². The highest BCUT2D eigenvalue weighted by Crippen LogP contribution is 2.20. The van der Waals surface area contributed by atoms with E-state index in [4.69, 9.17) is 0 Å². The summed E-state index contributed by atoms with van der Waals surface area (Å²) >= 11 is 1.77. The summed E-state index contributed by atoms with van der Waals surface area (Å²) in [5.74, 6) is 1.88. The third-order valence-corrected chi connectivity index (χ3v) is 5.34. The van der Waals surface area contributed by atoms with Gasteiger partial charge in [-0.1, -0.05) is 6.07 Å². The lowest BCUT2D eigenvalue weighted by atomic mass is 10.2. The molecule has 1 heterocycles. The maximum atomic E-state index is 12.0. The molecule has 17 heavy (non-hydrogen) atoms. The summed E-state index contributed by atoms with van der Waals surface area (Å²) in [6.07, 6.45) is 1.92. The van der Waals surface area contributed by atoms with Crippen LogP contribution in [0.1, 0.15) is 12.8 Å². The van der Waals surface area contributed by atoms with Crippen LogP contribution in [0.4, 0.5) is 0 Å². The van der Waals surface area contributed by atoms with Crippen LogP contribution in [0.3, 0.4) is 0 Å². The molecule has 2 N–H and O–H groups in total. The normalized spacial score (nSPS) is 21.3. The molecule has 0 radical (unpaired) electrons. The first-order chi connectivity index (χ1) is 8.08. The molecule has 1 aromatic rings. The Balaban J connectivity index is 2.13. The first-order valence-electron chi connectivity index (χ1n) is 5.47. The zero-order valence-corrected chi connectivity index (χ0v) is 10.9. The van der Waals surface area contributed by atoms with Crippen molar-refractivity contribution in [1.82, 2.24) is 4.72 Å². The molecule has 1 aromatic carbocycles. The van der Waals surface area contributed by atoms with E-state index < -0.39 is 10.0 Å². The van der Waals surface area contributed by atoms with E-state index in [2.05, 4.69) is 4.72 Å². The standard InChI is InChI=1S/C11H15NO3S2/c13-10-4-1-5-11(7-10)17(14,15)12-9-3-2-6-16-8-9/h1,4-5,7,9,12-13H,2-3,6,8H2. The van der Waals surface area contributed by atoms with Crippen LogP contribution in [0.25, 0.3) is 0 Å². The van der Waals surface area contributed by atoms with Gasteiger partial charge >= 0.3 is 0 Å². The highest BCUT2D eigenvalue weighted by atomic mass is 32.2. The van der Waals surface area contributed by atoms with Crippen LogP contribution in [0, 0.1) is 0 Å². The molecule has 0 bridgehead atoms. The van der Waals surface area contributed by atoms with Crippen molar-refractivity contribution < 1.29 is 13.5 Å². The number of thioether (sulfide) groups is 1. The SMILES string of the molecule is O=S(=O)(NC1CCCSC1)c1cccc(O)c1. The Kier molecular flexibility index (Phi) is 3.96. The highest BCUT2D eigenvalue weighted by molar-refractivity contribution is 7.99. The lowest BCUT2D eigenvalue weighted by molar-refractivity contribution is 0.472. The summed E-state index contributed by atoms with van der Waals surface area (Å²) in [5, 5.41) is 9.29. The topological polar surface area (TPSA) is 66.4 Å². The molecular formula is C11H15NO3S2. The molecule has 1 fully saturated rings. The Morgan fingerprint density at radius 3 is 2.88 bits per heavy atom. The Morgan fingerprint density at radius 2 is 2.24 bits per heavy atom. The van der Waals surface area contributed by atoms with Gasteiger partial charge < -0.3 is 5.11 Å². The molecule has 0 aromatic heterocycles. The fourth-order valence-electron chi connectivity index (χ4n) is 1.77. The Bertz CT molecular complexity index is 481. The molecule has 0 spiro atoms. The van der Waals surface area contributed by atoms with E-state index in [0.29, 0.717) is 0 Å². The molecule has 2 rings (SSSR count). The zero-order valence-electron chi connectivity index (χ0n) is 9.30. The highest BCUT2D eigenvalue weighted by Gasteiger charge is 2.22. The largest absolute Gasteiger partial charge is 0.508 e.